The molecule has 0 radical (unpaired) electrons. The number of nitrogens with two attached hydrogens (primary N) is 1. The van der Waals surface area contributed by atoms with Gasteiger partial charge in [0.2, 0.25) is 0 Å². The molecule has 18 heavy (non-hydrogen) atoms. The summed E-state index contributed by atoms with van der Waals surface area (Å²) in [6.45, 7) is 6.34. The lowest BCUT2D eigenvalue weighted by Gasteiger charge is -2.20. The molecule has 98 valence electrons. The van der Waals surface area contributed by atoms with Crippen molar-refractivity contribution in [1.29, 1.82) is 0 Å². The quantitative estimate of drug-likeness (QED) is 0.859. The van der Waals surface area contributed by atoms with E-state index in [9.17, 15) is 0 Å². The van der Waals surface area contributed by atoms with Gasteiger partial charge in [0.1, 0.15) is 11.8 Å². The molecule has 2 aromatic rings. The van der Waals surface area contributed by atoms with Crippen molar-refractivity contribution in [3.8, 4) is 0 Å². The number of hydrogen-bond acceptors (Lipinski definition) is 5. The van der Waals surface area contributed by atoms with Crippen molar-refractivity contribution in [2.45, 2.75) is 32.9 Å². The van der Waals surface area contributed by atoms with Crippen molar-refractivity contribution >= 4 is 17.0 Å². The maximum atomic E-state index is 5.75. The summed E-state index contributed by atoms with van der Waals surface area (Å²) in [6, 6.07) is 0.572. The average molecular weight is 248 g/mol. The Bertz CT molecular complexity index is 518. The van der Waals surface area contributed by atoms with E-state index in [0.29, 0.717) is 17.4 Å². The van der Waals surface area contributed by atoms with E-state index in [1.807, 2.05) is 4.57 Å². The van der Waals surface area contributed by atoms with Crippen LogP contribution in [0.25, 0.3) is 11.2 Å². The van der Waals surface area contributed by atoms with Gasteiger partial charge in [-0.05, 0) is 33.9 Å². The lowest BCUT2D eigenvalue weighted by atomic mass is 10.3. The van der Waals surface area contributed by atoms with Gasteiger partial charge < -0.3 is 15.2 Å². The summed E-state index contributed by atoms with van der Waals surface area (Å²) >= 11 is 0. The first-order chi connectivity index (χ1) is 8.59. The molecular formula is C12H20N6. The number of anilines is 1. The Labute approximate surface area is 107 Å². The molecule has 0 aliphatic heterocycles. The number of fused-ring (bicyclic) bond motifs is 1. The minimum atomic E-state index is 0.443. The standard InChI is InChI=1S/C12H20N6/c1-9(2)17(3)5-4-6-18-8-16-10-11(13)14-7-15-12(10)18/h7-9H,4-6H2,1-3H3,(H2,13,14,15). The predicted molar refractivity (Wildman–Crippen MR) is 72.1 cm³/mol. The van der Waals surface area contributed by atoms with Crippen molar-refractivity contribution in [2.24, 2.45) is 0 Å². The third-order valence-electron chi connectivity index (χ3n) is 3.22. The molecule has 0 unspecified atom stereocenters. The predicted octanol–water partition coefficient (Wildman–Crippen LogP) is 1.14. The third-order valence-corrected chi connectivity index (χ3v) is 3.22. The molecule has 0 fully saturated rings. The summed E-state index contributed by atoms with van der Waals surface area (Å²) in [5.74, 6) is 0.443. The number of nitrogen functional groups attached to an aromatic ring is 1. The molecule has 0 spiro atoms. The van der Waals surface area contributed by atoms with E-state index in [0.717, 1.165) is 25.2 Å². The molecule has 2 aromatic heterocycles. The van der Waals surface area contributed by atoms with E-state index >= 15 is 0 Å². The summed E-state index contributed by atoms with van der Waals surface area (Å²) < 4.78 is 2.03. The minimum Gasteiger partial charge on any atom is -0.382 e. The lowest BCUT2D eigenvalue weighted by Crippen LogP contribution is -2.27. The number of hydrogen-bond donors (Lipinski definition) is 1. The Morgan fingerprint density at radius 2 is 2.11 bits per heavy atom. The van der Waals surface area contributed by atoms with Gasteiger partial charge in [-0.1, -0.05) is 0 Å². The van der Waals surface area contributed by atoms with Crippen LogP contribution in [-0.4, -0.2) is 44.1 Å². The summed E-state index contributed by atoms with van der Waals surface area (Å²) in [7, 11) is 2.14. The number of imidazole rings is 1. The summed E-state index contributed by atoms with van der Waals surface area (Å²) in [5, 5.41) is 0. The zero-order chi connectivity index (χ0) is 13.1. The van der Waals surface area contributed by atoms with Gasteiger partial charge in [0.25, 0.3) is 0 Å². The molecule has 6 heteroatoms. The van der Waals surface area contributed by atoms with Crippen molar-refractivity contribution in [2.75, 3.05) is 19.3 Å². The van der Waals surface area contributed by atoms with E-state index in [4.69, 9.17) is 5.73 Å². The van der Waals surface area contributed by atoms with Gasteiger partial charge in [0, 0.05) is 12.6 Å². The van der Waals surface area contributed by atoms with E-state index in [2.05, 4.69) is 40.7 Å². The fraction of sp³-hybridized carbons (Fsp3) is 0.583. The molecule has 6 nitrogen and oxygen atoms in total. The van der Waals surface area contributed by atoms with Gasteiger partial charge in [-0.3, -0.25) is 0 Å². The lowest BCUT2D eigenvalue weighted by molar-refractivity contribution is 0.266. The molecule has 0 bridgehead atoms. The molecule has 0 saturated heterocycles. The maximum Gasteiger partial charge on any atom is 0.165 e. The van der Waals surface area contributed by atoms with E-state index < -0.39 is 0 Å². The largest absolute Gasteiger partial charge is 0.382 e. The molecule has 0 amide bonds. The number of nitrogens with zero attached hydrogens (tertiary/aromatic N) is 5. The smallest absolute Gasteiger partial charge is 0.165 e. The summed E-state index contributed by atoms with van der Waals surface area (Å²) in [6.07, 6.45) is 4.32. The van der Waals surface area contributed by atoms with Crippen LogP contribution in [0.5, 0.6) is 0 Å². The second-order valence-electron chi connectivity index (χ2n) is 4.80. The van der Waals surface area contributed by atoms with Gasteiger partial charge in [-0.15, -0.1) is 0 Å². The SMILES string of the molecule is CC(C)N(C)CCCn1cnc2c(N)ncnc21. The van der Waals surface area contributed by atoms with E-state index in [1.165, 1.54) is 6.33 Å². The van der Waals surface area contributed by atoms with Crippen LogP contribution in [0.3, 0.4) is 0 Å². The summed E-state index contributed by atoms with van der Waals surface area (Å²) in [4.78, 5) is 14.7. The Balaban J connectivity index is 2.02. The van der Waals surface area contributed by atoms with Crippen LogP contribution in [0.15, 0.2) is 12.7 Å². The number of aryl methyl sites for hydroxylation is 1. The second kappa shape index (κ2) is 5.30. The fourth-order valence-electron chi connectivity index (χ4n) is 1.81. The monoisotopic (exact) mass is 248 g/mol. The van der Waals surface area contributed by atoms with Crippen molar-refractivity contribution < 1.29 is 0 Å². The van der Waals surface area contributed by atoms with E-state index in [-0.39, 0.29) is 0 Å². The third kappa shape index (κ3) is 2.59. The summed E-state index contributed by atoms with van der Waals surface area (Å²) in [5.41, 5.74) is 7.26. The van der Waals surface area contributed by atoms with Gasteiger partial charge in [0.05, 0.1) is 6.33 Å². The van der Waals surface area contributed by atoms with Gasteiger partial charge >= 0.3 is 0 Å². The fourth-order valence-corrected chi connectivity index (χ4v) is 1.81. The van der Waals surface area contributed by atoms with Crippen LogP contribution in [0, 0.1) is 0 Å². The molecule has 0 aliphatic rings. The Hall–Kier alpha value is -1.69. The first kappa shape index (κ1) is 12.8. The average Bonchev–Trinajstić information content (AvgIpc) is 2.74. The molecule has 0 saturated carbocycles. The molecule has 2 rings (SSSR count). The molecule has 2 N–H and O–H groups in total. The Morgan fingerprint density at radius 1 is 1.33 bits per heavy atom. The maximum absolute atomic E-state index is 5.75. The van der Waals surface area contributed by atoms with Crippen molar-refractivity contribution in [1.82, 2.24) is 24.4 Å². The van der Waals surface area contributed by atoms with Crippen LogP contribution in [0.1, 0.15) is 20.3 Å². The van der Waals surface area contributed by atoms with Crippen LogP contribution in [0.2, 0.25) is 0 Å². The first-order valence-electron chi connectivity index (χ1n) is 6.21. The normalized spacial score (nSPS) is 11.8. The highest BCUT2D eigenvalue weighted by Gasteiger charge is 2.08. The molecule has 0 atom stereocenters. The zero-order valence-corrected chi connectivity index (χ0v) is 11.2. The molecular weight excluding hydrogens is 228 g/mol. The second-order valence-corrected chi connectivity index (χ2v) is 4.80. The number of rotatable bonds is 5. The Morgan fingerprint density at radius 3 is 2.83 bits per heavy atom. The van der Waals surface area contributed by atoms with Gasteiger partial charge in [0.15, 0.2) is 11.5 Å². The van der Waals surface area contributed by atoms with Crippen LogP contribution >= 0.6 is 0 Å². The Kier molecular flexibility index (Phi) is 3.76. The molecule has 0 aromatic carbocycles. The topological polar surface area (TPSA) is 72.9 Å². The van der Waals surface area contributed by atoms with E-state index in [1.54, 1.807) is 6.33 Å². The van der Waals surface area contributed by atoms with Crippen molar-refractivity contribution in [3.05, 3.63) is 12.7 Å². The van der Waals surface area contributed by atoms with Crippen LogP contribution in [-0.2, 0) is 6.54 Å². The number of aromatic nitrogens is 4. The van der Waals surface area contributed by atoms with Gasteiger partial charge in [-0.2, -0.15) is 0 Å². The highest BCUT2D eigenvalue weighted by molar-refractivity contribution is 5.80. The van der Waals surface area contributed by atoms with Crippen LogP contribution in [0.4, 0.5) is 5.82 Å². The van der Waals surface area contributed by atoms with Gasteiger partial charge in [-0.25, -0.2) is 15.0 Å². The first-order valence-corrected chi connectivity index (χ1v) is 6.21. The molecule has 2 heterocycles. The zero-order valence-electron chi connectivity index (χ0n) is 11.2. The molecule has 0 aliphatic carbocycles. The highest BCUT2D eigenvalue weighted by atomic mass is 15.1. The highest BCUT2D eigenvalue weighted by Crippen LogP contribution is 2.14. The van der Waals surface area contributed by atoms with Crippen LogP contribution < -0.4 is 5.73 Å². The van der Waals surface area contributed by atoms with Crippen molar-refractivity contribution in [3.63, 3.8) is 0 Å². The minimum absolute atomic E-state index is 0.443.